The van der Waals surface area contributed by atoms with Crippen molar-refractivity contribution in [2.45, 2.75) is 16.7 Å². The minimum absolute atomic E-state index is 0.00216. The van der Waals surface area contributed by atoms with E-state index in [9.17, 15) is 21.7 Å². The molecule has 1 heterocycles. The summed E-state index contributed by atoms with van der Waals surface area (Å²) in [5, 5.41) is 3.04. The van der Waals surface area contributed by atoms with Crippen LogP contribution in [0.2, 0.25) is 5.28 Å². The number of nitrogens with zero attached hydrogens (tertiary/aromatic N) is 3. The molecule has 12 heteroatoms. The Kier molecular flexibility index (Phi) is 4.90. The van der Waals surface area contributed by atoms with Gasteiger partial charge in [0.15, 0.2) is 0 Å². The number of aromatic nitrogens is 3. The standard InChI is InChI=1S/C14H11ClN4O5S2/c1-7-16-13(15)19-14(17-7)18-11-5-2-8-6-9(25(20)21)3-4-10(8)12(11)26(22,23)24/h2-6H,1H3,(H,20,21)(H,22,23,24)(H,16,17,18,19)/p-1. The van der Waals surface area contributed by atoms with Crippen LogP contribution in [0.3, 0.4) is 0 Å². The first-order valence-electron chi connectivity index (χ1n) is 6.94. The molecule has 0 fully saturated rings. The van der Waals surface area contributed by atoms with E-state index in [-0.39, 0.29) is 27.2 Å². The Balaban J connectivity index is 2.22. The van der Waals surface area contributed by atoms with Gasteiger partial charge in [0.1, 0.15) is 10.7 Å². The lowest BCUT2D eigenvalue weighted by molar-refractivity contribution is 0.484. The molecule has 0 saturated carbocycles. The van der Waals surface area contributed by atoms with Crippen LogP contribution in [0.5, 0.6) is 0 Å². The maximum Gasteiger partial charge on any atom is 0.297 e. The van der Waals surface area contributed by atoms with Gasteiger partial charge >= 0.3 is 0 Å². The van der Waals surface area contributed by atoms with Crippen LogP contribution in [0, 0.1) is 6.92 Å². The predicted octanol–water partition coefficient (Wildman–Crippen LogP) is 2.21. The highest BCUT2D eigenvalue weighted by Gasteiger charge is 2.21. The van der Waals surface area contributed by atoms with E-state index in [1.54, 1.807) is 6.92 Å². The molecule has 0 amide bonds. The van der Waals surface area contributed by atoms with E-state index in [1.165, 1.54) is 30.3 Å². The van der Waals surface area contributed by atoms with Gasteiger partial charge in [0, 0.05) is 10.3 Å². The summed E-state index contributed by atoms with van der Waals surface area (Å²) in [6, 6.07) is 6.67. The Hall–Kier alpha value is -2.18. The van der Waals surface area contributed by atoms with Crippen molar-refractivity contribution in [3.05, 3.63) is 41.4 Å². The largest absolute Gasteiger partial charge is 0.768 e. The zero-order chi connectivity index (χ0) is 19.1. The highest BCUT2D eigenvalue weighted by Crippen LogP contribution is 2.32. The molecule has 1 atom stereocenters. The summed E-state index contributed by atoms with van der Waals surface area (Å²) in [4.78, 5) is 11.2. The Morgan fingerprint density at radius 1 is 1.19 bits per heavy atom. The summed E-state index contributed by atoms with van der Waals surface area (Å²) in [5.41, 5.74) is -0.00216. The molecule has 0 aliphatic carbocycles. The summed E-state index contributed by atoms with van der Waals surface area (Å²) in [7, 11) is -4.65. The summed E-state index contributed by atoms with van der Waals surface area (Å²) >= 11 is 3.29. The molecule has 0 bridgehead atoms. The van der Waals surface area contributed by atoms with Crippen molar-refractivity contribution in [1.82, 2.24) is 15.0 Å². The summed E-state index contributed by atoms with van der Waals surface area (Å²) in [5.74, 6) is 0.299. The van der Waals surface area contributed by atoms with Crippen LogP contribution in [0.25, 0.3) is 10.8 Å². The average molecular weight is 414 g/mol. The van der Waals surface area contributed by atoms with Crippen LogP contribution >= 0.6 is 11.6 Å². The molecule has 0 spiro atoms. The van der Waals surface area contributed by atoms with E-state index in [2.05, 4.69) is 20.3 Å². The van der Waals surface area contributed by atoms with Gasteiger partial charge in [0.2, 0.25) is 11.2 Å². The molecule has 2 N–H and O–H groups in total. The normalized spacial score (nSPS) is 12.9. The molecule has 1 unspecified atom stereocenters. The Morgan fingerprint density at radius 3 is 2.54 bits per heavy atom. The highest BCUT2D eigenvalue weighted by molar-refractivity contribution is 7.86. The van der Waals surface area contributed by atoms with Crippen LogP contribution in [0.1, 0.15) is 5.82 Å². The third kappa shape index (κ3) is 3.81. The van der Waals surface area contributed by atoms with Gasteiger partial charge in [0.25, 0.3) is 10.1 Å². The van der Waals surface area contributed by atoms with Crippen molar-refractivity contribution in [1.29, 1.82) is 0 Å². The minimum atomic E-state index is -4.65. The molecule has 3 rings (SSSR count). The van der Waals surface area contributed by atoms with E-state index >= 15 is 0 Å². The van der Waals surface area contributed by atoms with Gasteiger partial charge in [-0.2, -0.15) is 18.4 Å². The number of nitrogens with one attached hydrogen (secondary N) is 1. The second-order valence-electron chi connectivity index (χ2n) is 5.14. The van der Waals surface area contributed by atoms with Crippen LogP contribution in [-0.2, 0) is 21.2 Å². The Labute approximate surface area is 155 Å². The first-order chi connectivity index (χ1) is 12.1. The SMILES string of the molecule is Cc1nc(Cl)nc(Nc2ccc3cc(S(=O)[O-])ccc3c2S(=O)(=O)O)n1. The zero-order valence-corrected chi connectivity index (χ0v) is 15.4. The van der Waals surface area contributed by atoms with Gasteiger partial charge in [0.05, 0.1) is 5.69 Å². The predicted molar refractivity (Wildman–Crippen MR) is 93.8 cm³/mol. The molecule has 0 aliphatic rings. The lowest BCUT2D eigenvalue weighted by atomic mass is 10.1. The molecule has 26 heavy (non-hydrogen) atoms. The summed E-state index contributed by atoms with van der Waals surface area (Å²) in [6.07, 6.45) is 0. The van der Waals surface area contributed by atoms with Gasteiger partial charge in [-0.3, -0.25) is 8.76 Å². The molecule has 0 saturated heterocycles. The van der Waals surface area contributed by atoms with E-state index in [4.69, 9.17) is 11.6 Å². The zero-order valence-electron chi connectivity index (χ0n) is 13.0. The second-order valence-corrected chi connectivity index (χ2v) is 7.77. The van der Waals surface area contributed by atoms with Gasteiger partial charge in [-0.25, -0.2) is 4.98 Å². The van der Waals surface area contributed by atoms with Crippen molar-refractivity contribution in [2.24, 2.45) is 0 Å². The number of aryl methyl sites for hydroxylation is 1. The van der Waals surface area contributed by atoms with Gasteiger partial charge in [-0.15, -0.1) is 0 Å². The maximum absolute atomic E-state index is 11.9. The third-order valence-corrected chi connectivity index (χ3v) is 5.12. The first-order valence-corrected chi connectivity index (χ1v) is 9.83. The fraction of sp³-hybridized carbons (Fsp3) is 0.0714. The number of benzene rings is 2. The molecule has 1 aromatic heterocycles. The fourth-order valence-electron chi connectivity index (χ4n) is 2.38. The van der Waals surface area contributed by atoms with Crippen LogP contribution in [-0.4, -0.2) is 36.7 Å². The summed E-state index contributed by atoms with van der Waals surface area (Å²) in [6.45, 7) is 1.58. The van der Waals surface area contributed by atoms with Crippen molar-refractivity contribution in [3.63, 3.8) is 0 Å². The number of hydrogen-bond acceptors (Lipinski definition) is 8. The average Bonchev–Trinajstić information content (AvgIpc) is 2.51. The highest BCUT2D eigenvalue weighted by atomic mass is 35.5. The molecular formula is C14H10ClN4O5S2-. The van der Waals surface area contributed by atoms with Crippen LogP contribution in [0.15, 0.2) is 40.1 Å². The number of anilines is 2. The van der Waals surface area contributed by atoms with E-state index in [1.807, 2.05) is 0 Å². The molecular weight excluding hydrogens is 404 g/mol. The summed E-state index contributed by atoms with van der Waals surface area (Å²) < 4.78 is 55.7. The van der Waals surface area contributed by atoms with Gasteiger partial charge in [-0.1, -0.05) is 12.1 Å². The third-order valence-electron chi connectivity index (χ3n) is 3.36. The lowest BCUT2D eigenvalue weighted by Gasteiger charge is -2.13. The Morgan fingerprint density at radius 2 is 1.92 bits per heavy atom. The molecule has 3 aromatic rings. The lowest BCUT2D eigenvalue weighted by Crippen LogP contribution is -2.07. The van der Waals surface area contributed by atoms with Crippen molar-refractivity contribution >= 4 is 55.2 Å². The van der Waals surface area contributed by atoms with Gasteiger partial charge < -0.3 is 9.87 Å². The number of fused-ring (bicyclic) bond motifs is 1. The minimum Gasteiger partial charge on any atom is -0.768 e. The van der Waals surface area contributed by atoms with Crippen LogP contribution in [0.4, 0.5) is 11.6 Å². The van der Waals surface area contributed by atoms with Gasteiger partial charge in [-0.05, 0) is 53.2 Å². The first kappa shape index (κ1) is 18.6. The van der Waals surface area contributed by atoms with E-state index < -0.39 is 26.1 Å². The van der Waals surface area contributed by atoms with E-state index in [0.29, 0.717) is 11.2 Å². The number of hydrogen-bond donors (Lipinski definition) is 2. The molecule has 9 nitrogen and oxygen atoms in total. The maximum atomic E-state index is 11.9. The smallest absolute Gasteiger partial charge is 0.297 e. The molecule has 0 radical (unpaired) electrons. The van der Waals surface area contributed by atoms with E-state index in [0.717, 1.165) is 0 Å². The molecule has 2 aromatic carbocycles. The monoisotopic (exact) mass is 413 g/mol. The van der Waals surface area contributed by atoms with Crippen molar-refractivity contribution in [3.8, 4) is 0 Å². The van der Waals surface area contributed by atoms with Crippen molar-refractivity contribution < 1.29 is 21.7 Å². The van der Waals surface area contributed by atoms with Crippen molar-refractivity contribution in [2.75, 3.05) is 5.32 Å². The quantitative estimate of drug-likeness (QED) is 0.485. The van der Waals surface area contributed by atoms with Crippen LogP contribution < -0.4 is 5.32 Å². The number of rotatable bonds is 4. The fourth-order valence-corrected chi connectivity index (χ4v) is 3.85. The second kappa shape index (κ2) is 6.85. The molecule has 136 valence electrons. The molecule has 0 aliphatic heterocycles. The number of halogens is 1. The Bertz CT molecular complexity index is 1130. The topological polar surface area (TPSA) is 145 Å².